The minimum absolute atomic E-state index is 0.428. The monoisotopic (exact) mass is 470 g/mol. The smallest absolute Gasteiger partial charge is 0.135 e. The van der Waals surface area contributed by atoms with Gasteiger partial charge in [0.25, 0.3) is 0 Å². The summed E-state index contributed by atoms with van der Waals surface area (Å²) < 4.78 is 6.02. The highest BCUT2D eigenvalue weighted by Crippen LogP contribution is 2.68. The van der Waals surface area contributed by atoms with Gasteiger partial charge in [-0.15, -0.1) is 0 Å². The summed E-state index contributed by atoms with van der Waals surface area (Å²) in [5, 5.41) is 0. The number of hydrogen-bond acceptors (Lipinski definition) is 2. The van der Waals surface area contributed by atoms with Crippen molar-refractivity contribution in [3.8, 4) is 0 Å². The van der Waals surface area contributed by atoms with Crippen LogP contribution in [0.4, 0.5) is 0 Å². The van der Waals surface area contributed by atoms with Gasteiger partial charge < -0.3 is 4.74 Å². The predicted molar refractivity (Wildman–Crippen MR) is 141 cm³/mol. The lowest BCUT2D eigenvalue weighted by Crippen LogP contribution is -2.53. The van der Waals surface area contributed by atoms with E-state index in [0.29, 0.717) is 41.7 Å². The van der Waals surface area contributed by atoms with Crippen LogP contribution in [0.2, 0.25) is 0 Å². The standard InChI is InChI=1S/C32H54O2/c1-23(12-14-25(33)19-22-34-26-10-5-4-6-11-26)28-16-17-29-27-15-13-24-9-7-8-20-31(24,2)30(27)18-21-32(28,29)3/h23-24,26-30H,4-22H2,1-3H3/t23-,24?,27+,28-,29+,30+,31+,32-/m1/s1. The van der Waals surface area contributed by atoms with Gasteiger partial charge in [-0.2, -0.15) is 0 Å². The first-order valence-corrected chi connectivity index (χ1v) is 15.5. The van der Waals surface area contributed by atoms with Crippen LogP contribution in [0.1, 0.15) is 136 Å². The highest BCUT2D eigenvalue weighted by molar-refractivity contribution is 5.78. The minimum atomic E-state index is 0.428. The normalized spacial score (nSPS) is 43.6. The van der Waals surface area contributed by atoms with E-state index in [0.717, 1.165) is 42.4 Å². The van der Waals surface area contributed by atoms with Gasteiger partial charge in [0.2, 0.25) is 0 Å². The van der Waals surface area contributed by atoms with E-state index in [4.69, 9.17) is 4.74 Å². The van der Waals surface area contributed by atoms with Gasteiger partial charge in [-0.25, -0.2) is 0 Å². The zero-order chi connectivity index (χ0) is 23.8. The maximum absolute atomic E-state index is 12.6. The quantitative estimate of drug-likeness (QED) is 0.354. The summed E-state index contributed by atoms with van der Waals surface area (Å²) in [6, 6.07) is 0. The molecule has 0 heterocycles. The van der Waals surface area contributed by atoms with Gasteiger partial charge in [-0.1, -0.05) is 52.9 Å². The molecule has 0 amide bonds. The van der Waals surface area contributed by atoms with Gasteiger partial charge in [0.1, 0.15) is 5.78 Å². The predicted octanol–water partition coefficient (Wildman–Crippen LogP) is 8.76. The van der Waals surface area contributed by atoms with Crippen LogP contribution in [0.5, 0.6) is 0 Å². The molecule has 0 aromatic heterocycles. The Balaban J connectivity index is 1.12. The number of ketones is 1. The molecule has 5 rings (SSSR count). The molecule has 0 spiro atoms. The summed E-state index contributed by atoms with van der Waals surface area (Å²) in [4.78, 5) is 12.6. The Morgan fingerprint density at radius 2 is 1.56 bits per heavy atom. The molecule has 5 aliphatic carbocycles. The first-order chi connectivity index (χ1) is 16.4. The van der Waals surface area contributed by atoms with Crippen LogP contribution in [0.25, 0.3) is 0 Å². The summed E-state index contributed by atoms with van der Waals surface area (Å²) in [5.74, 6) is 5.94. The summed E-state index contributed by atoms with van der Waals surface area (Å²) in [5.41, 5.74) is 1.18. The number of rotatable bonds is 8. The third-order valence-corrected chi connectivity index (χ3v) is 12.5. The van der Waals surface area contributed by atoms with Crippen LogP contribution in [-0.4, -0.2) is 18.5 Å². The van der Waals surface area contributed by atoms with E-state index in [1.54, 1.807) is 0 Å². The Bertz CT molecular complexity index is 695. The van der Waals surface area contributed by atoms with Gasteiger partial charge in [0.15, 0.2) is 0 Å². The summed E-state index contributed by atoms with van der Waals surface area (Å²) in [6.45, 7) is 8.52. The molecule has 0 radical (unpaired) electrons. The van der Waals surface area contributed by atoms with Crippen molar-refractivity contribution < 1.29 is 9.53 Å². The van der Waals surface area contributed by atoms with Gasteiger partial charge in [-0.05, 0) is 117 Å². The lowest BCUT2D eigenvalue weighted by atomic mass is 9.44. The summed E-state index contributed by atoms with van der Waals surface area (Å²) >= 11 is 0. The Kier molecular flexibility index (Phi) is 7.85. The number of hydrogen-bond donors (Lipinski definition) is 0. The molecule has 0 saturated heterocycles. The Morgan fingerprint density at radius 1 is 0.794 bits per heavy atom. The number of ether oxygens (including phenoxy) is 1. The molecule has 34 heavy (non-hydrogen) atoms. The van der Waals surface area contributed by atoms with Crippen LogP contribution in [0.15, 0.2) is 0 Å². The molecule has 0 N–H and O–H groups in total. The van der Waals surface area contributed by atoms with Crippen molar-refractivity contribution in [1.29, 1.82) is 0 Å². The number of Topliss-reactive ketones (excluding diaryl/α,β-unsaturated/α-hetero) is 1. The topological polar surface area (TPSA) is 26.3 Å². The van der Waals surface area contributed by atoms with Crippen LogP contribution in [-0.2, 0) is 9.53 Å². The molecule has 2 heteroatoms. The fourth-order valence-corrected chi connectivity index (χ4v) is 10.6. The zero-order valence-corrected chi connectivity index (χ0v) is 22.8. The molecule has 1 unspecified atom stereocenters. The minimum Gasteiger partial charge on any atom is -0.378 e. The second-order valence-corrected chi connectivity index (χ2v) is 14.1. The highest BCUT2D eigenvalue weighted by atomic mass is 16.5. The second kappa shape index (κ2) is 10.5. The molecule has 0 aliphatic heterocycles. The fraction of sp³-hybridized carbons (Fsp3) is 0.969. The Morgan fingerprint density at radius 3 is 2.38 bits per heavy atom. The van der Waals surface area contributed by atoms with Crippen molar-refractivity contribution >= 4 is 5.78 Å². The van der Waals surface area contributed by atoms with Crippen molar-refractivity contribution in [2.24, 2.45) is 46.3 Å². The number of carbonyl (C=O) groups is 1. The molecule has 0 bridgehead atoms. The molecular formula is C32H54O2. The molecule has 0 aromatic carbocycles. The maximum atomic E-state index is 12.6. The Hall–Kier alpha value is -0.370. The van der Waals surface area contributed by atoms with Crippen LogP contribution >= 0.6 is 0 Å². The molecule has 5 aliphatic rings. The first kappa shape index (κ1) is 25.3. The van der Waals surface area contributed by atoms with Crippen LogP contribution < -0.4 is 0 Å². The third kappa shape index (κ3) is 4.80. The van der Waals surface area contributed by atoms with E-state index in [9.17, 15) is 4.79 Å². The van der Waals surface area contributed by atoms with E-state index < -0.39 is 0 Å². The average molecular weight is 471 g/mol. The number of fused-ring (bicyclic) bond motifs is 5. The molecule has 194 valence electrons. The van der Waals surface area contributed by atoms with Crippen molar-refractivity contribution in [2.75, 3.05) is 6.61 Å². The zero-order valence-electron chi connectivity index (χ0n) is 22.8. The largest absolute Gasteiger partial charge is 0.378 e. The Labute approximate surface area is 210 Å². The highest BCUT2D eigenvalue weighted by Gasteiger charge is 2.60. The van der Waals surface area contributed by atoms with E-state index >= 15 is 0 Å². The van der Waals surface area contributed by atoms with E-state index in [2.05, 4.69) is 20.8 Å². The first-order valence-electron chi connectivity index (χ1n) is 15.5. The van der Waals surface area contributed by atoms with Gasteiger partial charge >= 0.3 is 0 Å². The van der Waals surface area contributed by atoms with Gasteiger partial charge in [0, 0.05) is 12.8 Å². The van der Waals surface area contributed by atoms with Crippen LogP contribution in [0, 0.1) is 46.3 Å². The molecule has 0 aromatic rings. The molecule has 5 saturated carbocycles. The molecular weight excluding hydrogens is 416 g/mol. The van der Waals surface area contributed by atoms with Crippen molar-refractivity contribution in [1.82, 2.24) is 0 Å². The number of carbonyl (C=O) groups excluding carboxylic acids is 1. The molecule has 5 fully saturated rings. The fourth-order valence-electron chi connectivity index (χ4n) is 10.6. The summed E-state index contributed by atoms with van der Waals surface area (Å²) in [7, 11) is 0. The third-order valence-electron chi connectivity index (χ3n) is 12.5. The van der Waals surface area contributed by atoms with Crippen molar-refractivity contribution in [3.05, 3.63) is 0 Å². The summed E-state index contributed by atoms with van der Waals surface area (Å²) in [6.07, 6.45) is 24.2. The average Bonchev–Trinajstić information content (AvgIpc) is 3.20. The molecule has 8 atom stereocenters. The van der Waals surface area contributed by atoms with E-state index in [1.807, 2.05) is 0 Å². The van der Waals surface area contributed by atoms with E-state index in [1.165, 1.54) is 96.3 Å². The van der Waals surface area contributed by atoms with Gasteiger partial charge in [-0.3, -0.25) is 4.79 Å². The van der Waals surface area contributed by atoms with Crippen molar-refractivity contribution in [2.45, 2.75) is 142 Å². The van der Waals surface area contributed by atoms with E-state index in [-0.39, 0.29) is 0 Å². The second-order valence-electron chi connectivity index (χ2n) is 14.1. The van der Waals surface area contributed by atoms with Crippen LogP contribution in [0.3, 0.4) is 0 Å². The lowest BCUT2D eigenvalue weighted by Gasteiger charge is -2.61. The SMILES string of the molecule is C[C@H](CCC(=O)CCOC1CCCCC1)[C@H]1CC[C@H]2[C@@H]3CCC4CCCC[C@]4(C)[C@H]3CC[C@]12C. The van der Waals surface area contributed by atoms with Crippen molar-refractivity contribution in [3.63, 3.8) is 0 Å². The maximum Gasteiger partial charge on any atom is 0.135 e. The van der Waals surface area contributed by atoms with Gasteiger partial charge in [0.05, 0.1) is 12.7 Å². The lowest BCUT2D eigenvalue weighted by molar-refractivity contribution is -0.122. The molecule has 2 nitrogen and oxygen atoms in total.